The maximum absolute atomic E-state index is 13.0. The van der Waals surface area contributed by atoms with E-state index in [0.717, 1.165) is 11.1 Å². The maximum Gasteiger partial charge on any atom is 0.285 e. The Balaban J connectivity index is 1.97. The van der Waals surface area contributed by atoms with E-state index in [1.807, 2.05) is 20.2 Å². The second-order valence-electron chi connectivity index (χ2n) is 5.97. The van der Waals surface area contributed by atoms with Gasteiger partial charge in [0.1, 0.15) is 11.3 Å². The molecular formula is C18H17FN6O2. The summed E-state index contributed by atoms with van der Waals surface area (Å²) >= 11 is 0. The zero-order valence-corrected chi connectivity index (χ0v) is 14.8. The van der Waals surface area contributed by atoms with Crippen LogP contribution in [0.25, 0.3) is 27.8 Å². The third kappa shape index (κ3) is 2.86. The standard InChI is InChI=1S/C18H17FN6O2/c1-3-25-17-15(12-8-20-23(2)9-12)10-24(18(26)16(17)21-22-25)13-4-6-14(7-5-13)27-11-19/h4-10H,3,11H2,1-2H3. The average Bonchev–Trinajstić information content (AvgIpc) is 3.30. The van der Waals surface area contributed by atoms with E-state index < -0.39 is 6.86 Å². The molecular weight excluding hydrogens is 351 g/mol. The van der Waals surface area contributed by atoms with Gasteiger partial charge in [-0.1, -0.05) is 5.21 Å². The van der Waals surface area contributed by atoms with Crippen LogP contribution in [0.1, 0.15) is 6.92 Å². The Morgan fingerprint density at radius 3 is 2.59 bits per heavy atom. The molecule has 8 nitrogen and oxygen atoms in total. The molecule has 0 spiro atoms. The van der Waals surface area contributed by atoms with Gasteiger partial charge in [0.25, 0.3) is 5.56 Å². The largest absolute Gasteiger partial charge is 0.463 e. The Morgan fingerprint density at radius 2 is 1.96 bits per heavy atom. The van der Waals surface area contributed by atoms with Gasteiger partial charge in [-0.15, -0.1) is 5.10 Å². The zero-order chi connectivity index (χ0) is 19.0. The quantitative estimate of drug-likeness (QED) is 0.540. The van der Waals surface area contributed by atoms with Gasteiger partial charge in [0.2, 0.25) is 6.86 Å². The fourth-order valence-corrected chi connectivity index (χ4v) is 3.04. The highest BCUT2D eigenvalue weighted by atomic mass is 19.1. The van der Waals surface area contributed by atoms with Gasteiger partial charge in [0.15, 0.2) is 5.52 Å². The molecule has 3 heterocycles. The van der Waals surface area contributed by atoms with Crippen LogP contribution in [0.15, 0.2) is 47.7 Å². The van der Waals surface area contributed by atoms with Gasteiger partial charge >= 0.3 is 0 Å². The third-order valence-electron chi connectivity index (χ3n) is 4.32. The Labute approximate surface area is 153 Å². The van der Waals surface area contributed by atoms with Crippen LogP contribution in [0.3, 0.4) is 0 Å². The summed E-state index contributed by atoms with van der Waals surface area (Å²) in [6.07, 6.45) is 5.35. The van der Waals surface area contributed by atoms with Gasteiger partial charge in [0.05, 0.1) is 6.20 Å². The van der Waals surface area contributed by atoms with Crippen molar-refractivity contribution in [1.29, 1.82) is 0 Å². The normalized spacial score (nSPS) is 11.2. The summed E-state index contributed by atoms with van der Waals surface area (Å²) in [4.78, 5) is 13.0. The monoisotopic (exact) mass is 368 g/mol. The molecule has 4 rings (SSSR count). The molecule has 27 heavy (non-hydrogen) atoms. The minimum absolute atomic E-state index is 0.280. The van der Waals surface area contributed by atoms with Crippen LogP contribution in [0.4, 0.5) is 4.39 Å². The van der Waals surface area contributed by atoms with Crippen LogP contribution in [0, 0.1) is 0 Å². The molecule has 0 radical (unpaired) electrons. The van der Waals surface area contributed by atoms with Crippen molar-refractivity contribution in [3.05, 3.63) is 53.2 Å². The summed E-state index contributed by atoms with van der Waals surface area (Å²) in [7, 11) is 1.83. The van der Waals surface area contributed by atoms with Crippen molar-refractivity contribution >= 4 is 11.0 Å². The number of nitrogens with zero attached hydrogens (tertiary/aromatic N) is 6. The number of pyridine rings is 1. The predicted octanol–water partition coefficient (Wildman–Crippen LogP) is 2.31. The molecule has 0 N–H and O–H groups in total. The number of rotatable bonds is 5. The van der Waals surface area contributed by atoms with Crippen molar-refractivity contribution in [3.63, 3.8) is 0 Å². The lowest BCUT2D eigenvalue weighted by molar-refractivity contribution is 0.192. The minimum Gasteiger partial charge on any atom is -0.463 e. The van der Waals surface area contributed by atoms with Crippen molar-refractivity contribution in [1.82, 2.24) is 29.3 Å². The molecule has 1 aromatic carbocycles. The minimum atomic E-state index is -0.906. The number of ether oxygens (including phenoxy) is 1. The highest BCUT2D eigenvalue weighted by Gasteiger charge is 2.18. The van der Waals surface area contributed by atoms with E-state index in [-0.39, 0.29) is 11.1 Å². The SMILES string of the molecule is CCn1nnc2c(=O)n(-c3ccc(OCF)cc3)cc(-c3cnn(C)c3)c21. The Bertz CT molecular complexity index is 1160. The highest BCUT2D eigenvalue weighted by Crippen LogP contribution is 2.27. The third-order valence-corrected chi connectivity index (χ3v) is 4.32. The molecule has 0 saturated carbocycles. The number of fused-ring (bicyclic) bond motifs is 1. The summed E-state index contributed by atoms with van der Waals surface area (Å²) < 4.78 is 22.0. The number of halogens is 1. The summed E-state index contributed by atoms with van der Waals surface area (Å²) in [6, 6.07) is 6.60. The van der Waals surface area contributed by atoms with Gasteiger partial charge in [-0.05, 0) is 31.2 Å². The van der Waals surface area contributed by atoms with E-state index in [1.165, 1.54) is 4.57 Å². The molecule has 0 fully saturated rings. The molecule has 4 aromatic rings. The van der Waals surface area contributed by atoms with Crippen molar-refractivity contribution in [3.8, 4) is 22.6 Å². The Morgan fingerprint density at radius 1 is 1.19 bits per heavy atom. The number of hydrogen-bond acceptors (Lipinski definition) is 5. The fraction of sp³-hybridized carbons (Fsp3) is 0.222. The predicted molar refractivity (Wildman–Crippen MR) is 97.6 cm³/mol. The summed E-state index contributed by atoms with van der Waals surface area (Å²) in [5, 5.41) is 12.4. The van der Waals surface area contributed by atoms with E-state index in [4.69, 9.17) is 4.74 Å². The molecule has 0 unspecified atom stereocenters. The summed E-state index contributed by atoms with van der Waals surface area (Å²) in [6.45, 7) is 1.62. The highest BCUT2D eigenvalue weighted by molar-refractivity contribution is 5.90. The van der Waals surface area contributed by atoms with E-state index >= 15 is 0 Å². The van der Waals surface area contributed by atoms with Crippen LogP contribution >= 0.6 is 0 Å². The first kappa shape index (κ1) is 17.0. The van der Waals surface area contributed by atoms with Gasteiger partial charge in [-0.3, -0.25) is 14.0 Å². The molecule has 0 aliphatic carbocycles. The van der Waals surface area contributed by atoms with Crippen molar-refractivity contribution in [2.45, 2.75) is 13.5 Å². The topological polar surface area (TPSA) is 79.8 Å². The first-order valence-corrected chi connectivity index (χ1v) is 8.39. The fourth-order valence-electron chi connectivity index (χ4n) is 3.04. The van der Waals surface area contributed by atoms with E-state index in [0.29, 0.717) is 23.5 Å². The van der Waals surface area contributed by atoms with Crippen molar-refractivity contribution < 1.29 is 9.13 Å². The number of aromatic nitrogens is 6. The van der Waals surface area contributed by atoms with E-state index in [2.05, 4.69) is 15.4 Å². The maximum atomic E-state index is 13.0. The molecule has 0 atom stereocenters. The van der Waals surface area contributed by atoms with Crippen molar-refractivity contribution in [2.24, 2.45) is 7.05 Å². The molecule has 138 valence electrons. The first-order valence-electron chi connectivity index (χ1n) is 8.39. The lowest BCUT2D eigenvalue weighted by Crippen LogP contribution is -2.19. The second kappa shape index (κ2) is 6.67. The molecule has 0 bridgehead atoms. The van der Waals surface area contributed by atoms with Gasteiger partial charge < -0.3 is 4.74 Å². The smallest absolute Gasteiger partial charge is 0.285 e. The second-order valence-corrected chi connectivity index (χ2v) is 5.97. The zero-order valence-electron chi connectivity index (χ0n) is 14.8. The van der Waals surface area contributed by atoms with Gasteiger partial charge in [-0.25, -0.2) is 9.07 Å². The number of hydrogen-bond donors (Lipinski definition) is 0. The number of aryl methyl sites for hydroxylation is 2. The molecule has 3 aromatic heterocycles. The number of benzene rings is 1. The first-order chi connectivity index (χ1) is 13.1. The van der Waals surface area contributed by atoms with Crippen LogP contribution < -0.4 is 10.3 Å². The summed E-state index contributed by atoms with van der Waals surface area (Å²) in [5.41, 5.74) is 2.94. The Kier molecular flexibility index (Phi) is 4.19. The molecule has 0 amide bonds. The van der Waals surface area contributed by atoms with E-state index in [9.17, 15) is 9.18 Å². The average molecular weight is 368 g/mol. The van der Waals surface area contributed by atoms with Crippen molar-refractivity contribution in [2.75, 3.05) is 6.86 Å². The van der Waals surface area contributed by atoms with Crippen LogP contribution in [-0.4, -0.2) is 36.2 Å². The molecule has 9 heteroatoms. The summed E-state index contributed by atoms with van der Waals surface area (Å²) in [5.74, 6) is 0.389. The lowest BCUT2D eigenvalue weighted by Gasteiger charge is -2.11. The van der Waals surface area contributed by atoms with E-state index in [1.54, 1.807) is 46.0 Å². The lowest BCUT2D eigenvalue weighted by atomic mass is 10.1. The molecule has 0 saturated heterocycles. The van der Waals surface area contributed by atoms with Crippen LogP contribution in [0.2, 0.25) is 0 Å². The van der Waals surface area contributed by atoms with Gasteiger partial charge in [-0.2, -0.15) is 5.10 Å². The van der Waals surface area contributed by atoms with Crippen LogP contribution in [-0.2, 0) is 13.6 Å². The molecule has 0 aliphatic rings. The Hall–Kier alpha value is -3.49. The van der Waals surface area contributed by atoms with Gasteiger partial charge in [0, 0.05) is 42.8 Å². The van der Waals surface area contributed by atoms with Crippen LogP contribution in [0.5, 0.6) is 5.75 Å². The molecule has 0 aliphatic heterocycles. The number of alkyl halides is 1.